The Morgan fingerprint density at radius 2 is 2.35 bits per heavy atom. The van der Waals surface area contributed by atoms with Gasteiger partial charge in [-0.3, -0.25) is 14.9 Å². The van der Waals surface area contributed by atoms with Crippen LogP contribution < -0.4 is 5.32 Å². The number of rotatable bonds is 5. The maximum atomic E-state index is 12.3. The predicted molar refractivity (Wildman–Crippen MR) is 84.9 cm³/mol. The van der Waals surface area contributed by atoms with Gasteiger partial charge in [0, 0.05) is 26.1 Å². The second kappa shape index (κ2) is 7.42. The number of carbonyl (C=O) groups is 2. The summed E-state index contributed by atoms with van der Waals surface area (Å²) in [4.78, 5) is 28.0. The number of alkyl halides is 1. The molecule has 0 aromatic carbocycles. The molecule has 1 aromatic rings. The topological polar surface area (TPSA) is 94.9 Å². The first-order valence-corrected chi connectivity index (χ1v) is 7.75. The number of aromatic nitrogens is 1. The lowest BCUT2D eigenvalue weighted by Crippen LogP contribution is -2.34. The predicted octanol–water partition coefficient (Wildman–Crippen LogP) is 1.64. The average molecular weight is 340 g/mol. The number of aliphatic hydroxyl groups excluding tert-OH is 1. The maximum Gasteiger partial charge on any atom is 0.273 e. The molecule has 1 aliphatic rings. The van der Waals surface area contributed by atoms with Crippen LogP contribution in [0.1, 0.15) is 30.7 Å². The van der Waals surface area contributed by atoms with Gasteiger partial charge in [-0.2, -0.15) is 5.10 Å². The van der Waals surface area contributed by atoms with Gasteiger partial charge >= 0.3 is 0 Å². The molecule has 2 rings (SSSR count). The summed E-state index contributed by atoms with van der Waals surface area (Å²) in [6, 6.07) is 0. The second-order valence-corrected chi connectivity index (χ2v) is 6.05. The van der Waals surface area contributed by atoms with Gasteiger partial charge in [0.05, 0.1) is 4.88 Å². The molecule has 0 saturated carbocycles. The highest BCUT2D eigenvalue weighted by atomic mass is 32.1. The third-order valence-corrected chi connectivity index (χ3v) is 4.28. The number of aliphatic hydroxyl groups is 1. The normalized spacial score (nSPS) is 17.0. The first-order valence-electron chi connectivity index (χ1n) is 6.94. The van der Waals surface area contributed by atoms with Crippen molar-refractivity contribution in [3.63, 3.8) is 0 Å². The van der Waals surface area contributed by atoms with Crippen LogP contribution in [0.3, 0.4) is 0 Å². The molecule has 0 spiro atoms. The van der Waals surface area contributed by atoms with E-state index >= 15 is 0 Å². The van der Waals surface area contributed by atoms with Gasteiger partial charge in [0.25, 0.3) is 5.91 Å². The zero-order valence-electron chi connectivity index (χ0n) is 12.7. The number of hydrogen-bond donors (Lipinski definition) is 2. The summed E-state index contributed by atoms with van der Waals surface area (Å²) >= 11 is 1.10. The summed E-state index contributed by atoms with van der Waals surface area (Å²) in [7, 11) is 1.49. The molecule has 1 atom stereocenters. The van der Waals surface area contributed by atoms with Crippen LogP contribution in [0.5, 0.6) is 0 Å². The van der Waals surface area contributed by atoms with Crippen LogP contribution in [0.25, 0.3) is 0 Å². The molecule has 2 N–H and O–H groups in total. The van der Waals surface area contributed by atoms with E-state index in [4.69, 9.17) is 0 Å². The zero-order valence-corrected chi connectivity index (χ0v) is 13.6. The first-order chi connectivity index (χ1) is 10.9. The van der Waals surface area contributed by atoms with Gasteiger partial charge in [-0.1, -0.05) is 17.4 Å². The molecule has 1 aliphatic heterocycles. The van der Waals surface area contributed by atoms with E-state index in [9.17, 15) is 19.1 Å². The molecule has 0 fully saturated rings. The van der Waals surface area contributed by atoms with Crippen molar-refractivity contribution in [1.29, 1.82) is 0 Å². The molecule has 9 heteroatoms. The minimum atomic E-state index is -0.954. The van der Waals surface area contributed by atoms with Crippen LogP contribution in [0.4, 0.5) is 9.52 Å². The van der Waals surface area contributed by atoms with Crippen molar-refractivity contribution in [2.24, 2.45) is 5.10 Å². The van der Waals surface area contributed by atoms with Crippen LogP contribution in [0, 0.1) is 0 Å². The number of nitrogens with one attached hydrogen (secondary N) is 1. The number of thiazole rings is 1. The number of hydrogen-bond acceptors (Lipinski definition) is 6. The van der Waals surface area contributed by atoms with E-state index in [0.29, 0.717) is 15.6 Å². The lowest BCUT2D eigenvalue weighted by Gasteiger charge is -2.18. The summed E-state index contributed by atoms with van der Waals surface area (Å²) in [5.74, 6) is -0.577. The van der Waals surface area contributed by atoms with Gasteiger partial charge in [0.15, 0.2) is 5.13 Å². The molecule has 0 aliphatic carbocycles. The Morgan fingerprint density at radius 3 is 3.00 bits per heavy atom. The molecule has 7 nitrogen and oxygen atoms in total. The molecule has 0 saturated heterocycles. The fourth-order valence-electron chi connectivity index (χ4n) is 1.93. The third kappa shape index (κ3) is 4.20. The van der Waals surface area contributed by atoms with Crippen molar-refractivity contribution in [2.75, 3.05) is 19.0 Å². The van der Waals surface area contributed by atoms with E-state index < -0.39 is 18.7 Å². The number of nitrogens with zero attached hydrogens (tertiary/aromatic N) is 3. The molecule has 1 unspecified atom stereocenters. The van der Waals surface area contributed by atoms with Gasteiger partial charge in [0.1, 0.15) is 18.5 Å². The number of amides is 2. The Morgan fingerprint density at radius 1 is 1.61 bits per heavy atom. The van der Waals surface area contributed by atoms with E-state index in [1.807, 2.05) is 0 Å². The van der Waals surface area contributed by atoms with Crippen molar-refractivity contribution in [3.05, 3.63) is 22.7 Å². The summed E-state index contributed by atoms with van der Waals surface area (Å²) in [5, 5.41) is 18.0. The van der Waals surface area contributed by atoms with Gasteiger partial charge in [-0.15, -0.1) is 0 Å². The van der Waals surface area contributed by atoms with E-state index in [0.717, 1.165) is 16.3 Å². The van der Waals surface area contributed by atoms with E-state index in [1.54, 1.807) is 6.92 Å². The molecule has 23 heavy (non-hydrogen) atoms. The fourth-order valence-corrected chi connectivity index (χ4v) is 2.81. The summed E-state index contributed by atoms with van der Waals surface area (Å²) in [6.07, 6.45) is 2.27. The first kappa shape index (κ1) is 17.2. The summed E-state index contributed by atoms with van der Waals surface area (Å²) in [6.45, 7) is 0.961. The van der Waals surface area contributed by atoms with E-state index in [1.165, 1.54) is 19.3 Å². The van der Waals surface area contributed by atoms with Gasteiger partial charge in [0.2, 0.25) is 5.91 Å². The molecule has 0 radical (unpaired) electrons. The molecular weight excluding hydrogens is 323 g/mol. The Labute approximate surface area is 136 Å². The maximum absolute atomic E-state index is 12.3. The highest BCUT2D eigenvalue weighted by molar-refractivity contribution is 7.15. The van der Waals surface area contributed by atoms with Crippen molar-refractivity contribution >= 4 is 34.0 Å². The molecule has 124 valence electrons. The average Bonchev–Trinajstić information content (AvgIpc) is 2.97. The minimum absolute atomic E-state index is 0.142. The zero-order chi connectivity index (χ0) is 17.0. The van der Waals surface area contributed by atoms with Crippen LogP contribution >= 0.6 is 11.3 Å². The quantitative estimate of drug-likeness (QED) is 0.797. The van der Waals surface area contributed by atoms with Crippen LogP contribution in [-0.2, 0) is 9.59 Å². The standard InChI is InChI=1S/C14H17FN4O3S/c1-8(5-6-15)12(21)10-7-16-14(23-10)17-13(22)9-3-4-11(20)19(2)18-9/h5,7,12,21H,3-4,6H2,1-2H3,(H,16,17,22)/b8-5+. The lowest BCUT2D eigenvalue weighted by atomic mass is 10.1. The van der Waals surface area contributed by atoms with Crippen molar-refractivity contribution < 1.29 is 19.1 Å². The van der Waals surface area contributed by atoms with Crippen LogP contribution in [-0.4, -0.2) is 46.3 Å². The molecular formula is C14H17FN4O3S. The molecule has 2 heterocycles. The SMILES string of the molecule is C/C(=C\CF)C(O)c1cnc(NC(=O)C2=NN(C)C(=O)CC2)s1. The summed E-state index contributed by atoms with van der Waals surface area (Å²) in [5.41, 5.74) is 0.726. The number of carbonyl (C=O) groups excluding carboxylic acids is 2. The Balaban J connectivity index is 2.04. The monoisotopic (exact) mass is 340 g/mol. The number of anilines is 1. The summed E-state index contributed by atoms with van der Waals surface area (Å²) < 4.78 is 12.3. The lowest BCUT2D eigenvalue weighted by molar-refractivity contribution is -0.130. The van der Waals surface area contributed by atoms with Crippen molar-refractivity contribution in [1.82, 2.24) is 9.99 Å². The second-order valence-electron chi connectivity index (χ2n) is 4.99. The number of allylic oxidation sites excluding steroid dienone is 1. The van der Waals surface area contributed by atoms with E-state index in [-0.39, 0.29) is 24.5 Å². The van der Waals surface area contributed by atoms with E-state index in [2.05, 4.69) is 15.4 Å². The van der Waals surface area contributed by atoms with Crippen molar-refractivity contribution in [3.8, 4) is 0 Å². The van der Waals surface area contributed by atoms with Gasteiger partial charge in [-0.25, -0.2) is 14.4 Å². The highest BCUT2D eigenvalue weighted by Crippen LogP contribution is 2.29. The number of hydrazone groups is 1. The molecule has 1 aromatic heterocycles. The Kier molecular flexibility index (Phi) is 5.56. The minimum Gasteiger partial charge on any atom is -0.383 e. The van der Waals surface area contributed by atoms with Crippen molar-refractivity contribution in [2.45, 2.75) is 25.9 Å². The Hall–Kier alpha value is -2.13. The molecule has 2 amide bonds. The fraction of sp³-hybridized carbons (Fsp3) is 0.429. The number of halogens is 1. The smallest absolute Gasteiger partial charge is 0.273 e. The van der Waals surface area contributed by atoms with Gasteiger partial charge in [-0.05, 0) is 12.5 Å². The third-order valence-electron chi connectivity index (χ3n) is 3.31. The molecule has 0 bridgehead atoms. The van der Waals surface area contributed by atoms with Gasteiger partial charge < -0.3 is 5.11 Å². The van der Waals surface area contributed by atoms with Crippen LogP contribution in [0.15, 0.2) is 22.9 Å². The highest BCUT2D eigenvalue weighted by Gasteiger charge is 2.23. The largest absolute Gasteiger partial charge is 0.383 e. The van der Waals surface area contributed by atoms with Crippen LogP contribution in [0.2, 0.25) is 0 Å². The Bertz CT molecular complexity index is 671.